The molecular weight excluding hydrogens is 226 g/mol. The highest BCUT2D eigenvalue weighted by molar-refractivity contribution is 5.75. The minimum atomic E-state index is 0.0571. The Labute approximate surface area is 110 Å². The van der Waals surface area contributed by atoms with Gasteiger partial charge in [0.05, 0.1) is 6.61 Å². The largest absolute Gasteiger partial charge is 0.494 e. The third-order valence-electron chi connectivity index (χ3n) is 2.82. The van der Waals surface area contributed by atoms with Gasteiger partial charge < -0.3 is 10.1 Å². The lowest BCUT2D eigenvalue weighted by molar-refractivity contribution is -0.120. The molecule has 0 bridgehead atoms. The highest BCUT2D eigenvalue weighted by atomic mass is 16.5. The third-order valence-corrected chi connectivity index (χ3v) is 2.82. The van der Waals surface area contributed by atoms with Crippen molar-refractivity contribution in [1.29, 1.82) is 0 Å². The van der Waals surface area contributed by atoms with Crippen LogP contribution in [0.15, 0.2) is 24.3 Å². The van der Waals surface area contributed by atoms with Gasteiger partial charge in [-0.15, -0.1) is 0 Å². The van der Waals surface area contributed by atoms with Crippen LogP contribution in [0.3, 0.4) is 0 Å². The van der Waals surface area contributed by atoms with Gasteiger partial charge in [0.15, 0.2) is 0 Å². The summed E-state index contributed by atoms with van der Waals surface area (Å²) in [6, 6.07) is 8.16. The number of carbonyl (C=O) groups excluding carboxylic acids is 1. The SMILES string of the molecule is CNC(=O)CCCOc1ccc(C(C)(C)C)cc1. The van der Waals surface area contributed by atoms with E-state index in [4.69, 9.17) is 4.74 Å². The molecule has 0 saturated heterocycles. The maximum atomic E-state index is 11.0. The van der Waals surface area contributed by atoms with Crippen molar-refractivity contribution in [3.8, 4) is 5.75 Å². The Balaban J connectivity index is 2.38. The van der Waals surface area contributed by atoms with Crippen molar-refractivity contribution >= 4 is 5.91 Å². The fraction of sp³-hybridized carbons (Fsp3) is 0.533. The molecule has 0 saturated carbocycles. The second kappa shape index (κ2) is 6.43. The molecule has 0 aliphatic carbocycles. The number of ether oxygens (including phenoxy) is 1. The van der Waals surface area contributed by atoms with Gasteiger partial charge >= 0.3 is 0 Å². The normalized spacial score (nSPS) is 11.1. The first kappa shape index (κ1) is 14.6. The van der Waals surface area contributed by atoms with Crippen LogP contribution in [0.2, 0.25) is 0 Å². The number of benzene rings is 1. The van der Waals surface area contributed by atoms with Crippen LogP contribution in [0, 0.1) is 0 Å². The molecule has 0 radical (unpaired) electrons. The van der Waals surface area contributed by atoms with Gasteiger partial charge in [0.2, 0.25) is 5.91 Å². The molecule has 1 aromatic rings. The number of hydrogen-bond donors (Lipinski definition) is 1. The van der Waals surface area contributed by atoms with Crippen LogP contribution in [-0.2, 0) is 10.2 Å². The molecule has 3 nitrogen and oxygen atoms in total. The molecule has 0 heterocycles. The van der Waals surface area contributed by atoms with Gasteiger partial charge in [-0.3, -0.25) is 4.79 Å². The molecule has 0 fully saturated rings. The summed E-state index contributed by atoms with van der Waals surface area (Å²) < 4.78 is 5.59. The molecular formula is C15H23NO2. The Bertz CT molecular complexity index is 376. The summed E-state index contributed by atoms with van der Waals surface area (Å²) in [5.41, 5.74) is 1.46. The smallest absolute Gasteiger partial charge is 0.219 e. The third kappa shape index (κ3) is 4.78. The van der Waals surface area contributed by atoms with Crippen molar-refractivity contribution in [3.63, 3.8) is 0 Å². The lowest BCUT2D eigenvalue weighted by atomic mass is 9.87. The number of rotatable bonds is 5. The molecule has 0 atom stereocenters. The van der Waals surface area contributed by atoms with Crippen LogP contribution in [0.1, 0.15) is 39.2 Å². The summed E-state index contributed by atoms with van der Waals surface area (Å²) in [7, 11) is 1.65. The van der Waals surface area contributed by atoms with Crippen LogP contribution in [-0.4, -0.2) is 19.6 Å². The first-order valence-electron chi connectivity index (χ1n) is 6.37. The first-order chi connectivity index (χ1) is 8.43. The second-order valence-corrected chi connectivity index (χ2v) is 5.40. The molecule has 1 amide bonds. The van der Waals surface area contributed by atoms with Crippen molar-refractivity contribution in [3.05, 3.63) is 29.8 Å². The molecule has 0 unspecified atom stereocenters. The lowest BCUT2D eigenvalue weighted by Gasteiger charge is -2.19. The predicted molar refractivity (Wildman–Crippen MR) is 73.9 cm³/mol. The predicted octanol–water partition coefficient (Wildman–Crippen LogP) is 2.89. The van der Waals surface area contributed by atoms with E-state index in [0.717, 1.165) is 12.2 Å². The lowest BCUT2D eigenvalue weighted by Crippen LogP contribution is -2.18. The van der Waals surface area contributed by atoms with Crippen molar-refractivity contribution in [2.24, 2.45) is 0 Å². The van der Waals surface area contributed by atoms with Crippen LogP contribution in [0.5, 0.6) is 5.75 Å². The summed E-state index contributed by atoms with van der Waals surface area (Å²) in [5, 5.41) is 2.59. The topological polar surface area (TPSA) is 38.3 Å². The average Bonchev–Trinajstić information content (AvgIpc) is 2.33. The monoisotopic (exact) mass is 249 g/mol. The summed E-state index contributed by atoms with van der Waals surface area (Å²) in [6.45, 7) is 7.13. The van der Waals surface area contributed by atoms with Crippen molar-refractivity contribution in [2.75, 3.05) is 13.7 Å². The van der Waals surface area contributed by atoms with Crippen molar-refractivity contribution < 1.29 is 9.53 Å². The molecule has 0 aliphatic heterocycles. The van der Waals surface area contributed by atoms with E-state index < -0.39 is 0 Å². The fourth-order valence-electron chi connectivity index (χ4n) is 1.60. The van der Waals surface area contributed by atoms with Crippen LogP contribution in [0.4, 0.5) is 0 Å². The molecule has 1 N–H and O–H groups in total. The van der Waals surface area contributed by atoms with Crippen LogP contribution in [0.25, 0.3) is 0 Å². The minimum absolute atomic E-state index is 0.0571. The Morgan fingerprint density at radius 2 is 1.83 bits per heavy atom. The maximum absolute atomic E-state index is 11.0. The van der Waals surface area contributed by atoms with E-state index in [-0.39, 0.29) is 11.3 Å². The molecule has 0 aliphatic rings. The van der Waals surface area contributed by atoms with E-state index in [2.05, 4.69) is 38.2 Å². The van der Waals surface area contributed by atoms with E-state index in [1.165, 1.54) is 5.56 Å². The second-order valence-electron chi connectivity index (χ2n) is 5.40. The summed E-state index contributed by atoms with van der Waals surface area (Å²) in [5.74, 6) is 0.918. The van der Waals surface area contributed by atoms with Gasteiger partial charge in [0.25, 0.3) is 0 Å². The van der Waals surface area contributed by atoms with Crippen molar-refractivity contribution in [1.82, 2.24) is 5.32 Å². The fourth-order valence-corrected chi connectivity index (χ4v) is 1.60. The van der Waals surface area contributed by atoms with E-state index in [1.807, 2.05) is 12.1 Å². The molecule has 3 heteroatoms. The van der Waals surface area contributed by atoms with Gasteiger partial charge in [-0.2, -0.15) is 0 Å². The summed E-state index contributed by atoms with van der Waals surface area (Å²) in [6.07, 6.45) is 1.25. The van der Waals surface area contributed by atoms with E-state index >= 15 is 0 Å². The Hall–Kier alpha value is -1.51. The molecule has 0 aromatic heterocycles. The van der Waals surface area contributed by atoms with Gasteiger partial charge in [0, 0.05) is 13.5 Å². The van der Waals surface area contributed by atoms with Crippen LogP contribution >= 0.6 is 0 Å². The number of nitrogens with one attached hydrogen (secondary N) is 1. The summed E-state index contributed by atoms with van der Waals surface area (Å²) >= 11 is 0. The molecule has 18 heavy (non-hydrogen) atoms. The number of amides is 1. The molecule has 1 aromatic carbocycles. The first-order valence-corrected chi connectivity index (χ1v) is 6.37. The Morgan fingerprint density at radius 3 is 2.33 bits per heavy atom. The van der Waals surface area contributed by atoms with Crippen molar-refractivity contribution in [2.45, 2.75) is 39.0 Å². The number of carbonyl (C=O) groups is 1. The zero-order valence-corrected chi connectivity index (χ0v) is 11.7. The highest BCUT2D eigenvalue weighted by Gasteiger charge is 2.12. The van der Waals surface area contributed by atoms with Gasteiger partial charge in [0.1, 0.15) is 5.75 Å². The van der Waals surface area contributed by atoms with Gasteiger partial charge in [-0.25, -0.2) is 0 Å². The van der Waals surface area contributed by atoms with Crippen LogP contribution < -0.4 is 10.1 Å². The molecule has 100 valence electrons. The van der Waals surface area contributed by atoms with Gasteiger partial charge in [-0.1, -0.05) is 32.9 Å². The van der Waals surface area contributed by atoms with E-state index in [9.17, 15) is 4.79 Å². The molecule has 0 spiro atoms. The highest BCUT2D eigenvalue weighted by Crippen LogP contribution is 2.24. The van der Waals surface area contributed by atoms with E-state index in [0.29, 0.717) is 13.0 Å². The van der Waals surface area contributed by atoms with Gasteiger partial charge in [-0.05, 0) is 29.5 Å². The zero-order chi connectivity index (χ0) is 13.6. The maximum Gasteiger partial charge on any atom is 0.219 e. The van der Waals surface area contributed by atoms with E-state index in [1.54, 1.807) is 7.05 Å². The standard InChI is InChI=1S/C15H23NO2/c1-15(2,3)12-7-9-13(10-8-12)18-11-5-6-14(17)16-4/h7-10H,5-6,11H2,1-4H3,(H,16,17). The zero-order valence-electron chi connectivity index (χ0n) is 11.7. The Kier molecular flexibility index (Phi) is 5.20. The quantitative estimate of drug-likeness (QED) is 0.815. The Morgan fingerprint density at radius 1 is 1.22 bits per heavy atom. The average molecular weight is 249 g/mol. The molecule has 1 rings (SSSR count). The minimum Gasteiger partial charge on any atom is -0.494 e. The number of hydrogen-bond acceptors (Lipinski definition) is 2. The summed E-state index contributed by atoms with van der Waals surface area (Å²) in [4.78, 5) is 11.0.